The second-order valence-corrected chi connectivity index (χ2v) is 6.07. The van der Waals surface area contributed by atoms with Crippen LogP contribution in [0.5, 0.6) is 0 Å². The van der Waals surface area contributed by atoms with Gasteiger partial charge in [-0.2, -0.15) is 13.2 Å². The zero-order valence-electron chi connectivity index (χ0n) is 13.5. The summed E-state index contributed by atoms with van der Waals surface area (Å²) in [6.45, 7) is 0.0938. The van der Waals surface area contributed by atoms with Crippen molar-refractivity contribution in [3.63, 3.8) is 0 Å². The number of hydrogen-bond acceptors (Lipinski definition) is 5. The predicted molar refractivity (Wildman–Crippen MR) is 81.1 cm³/mol. The third kappa shape index (κ3) is 3.97. The third-order valence-corrected chi connectivity index (χ3v) is 4.24. The first kappa shape index (κ1) is 18.6. The molecule has 2 saturated heterocycles. The van der Waals surface area contributed by atoms with Crippen molar-refractivity contribution in [3.8, 4) is 0 Å². The highest BCUT2D eigenvalue weighted by Crippen LogP contribution is 2.30. The third-order valence-electron chi connectivity index (χ3n) is 4.24. The molecule has 0 aromatic heterocycles. The van der Waals surface area contributed by atoms with Gasteiger partial charge in [-0.3, -0.25) is 9.59 Å². The monoisotopic (exact) mass is 374 g/mol. The van der Waals surface area contributed by atoms with E-state index in [2.05, 4.69) is 5.32 Å². The molecule has 142 valence electrons. The average molecular weight is 374 g/mol. The van der Waals surface area contributed by atoms with E-state index < -0.39 is 47.9 Å². The number of carbonyl (C=O) groups excluding carboxylic acids is 2. The van der Waals surface area contributed by atoms with Gasteiger partial charge >= 0.3 is 6.18 Å². The Balaban J connectivity index is 1.58. The summed E-state index contributed by atoms with van der Waals surface area (Å²) in [6.07, 6.45) is -5.85. The van der Waals surface area contributed by atoms with Gasteiger partial charge in [0.25, 0.3) is 5.91 Å². The van der Waals surface area contributed by atoms with Gasteiger partial charge in [-0.15, -0.1) is 0 Å². The molecule has 2 aliphatic rings. The van der Waals surface area contributed by atoms with Gasteiger partial charge < -0.3 is 25.3 Å². The van der Waals surface area contributed by atoms with E-state index in [1.54, 1.807) is 0 Å². The molecule has 0 bridgehead atoms. The molecule has 10 heteroatoms. The van der Waals surface area contributed by atoms with Crippen LogP contribution in [0.1, 0.15) is 15.9 Å². The maximum atomic E-state index is 12.6. The molecule has 26 heavy (non-hydrogen) atoms. The van der Waals surface area contributed by atoms with Gasteiger partial charge in [0.2, 0.25) is 5.91 Å². The van der Waals surface area contributed by atoms with E-state index in [9.17, 15) is 22.8 Å². The Hall–Kier alpha value is -2.17. The van der Waals surface area contributed by atoms with Gasteiger partial charge in [0, 0.05) is 5.56 Å². The summed E-state index contributed by atoms with van der Waals surface area (Å²) in [5.41, 5.74) is 4.30. The number of amides is 2. The lowest BCUT2D eigenvalue weighted by atomic mass is 10.1. The lowest BCUT2D eigenvalue weighted by Crippen LogP contribution is -2.44. The first-order valence-electron chi connectivity index (χ1n) is 7.87. The number of alkyl halides is 3. The van der Waals surface area contributed by atoms with Gasteiger partial charge in [-0.1, -0.05) is 0 Å². The molecule has 1 aromatic carbocycles. The second-order valence-electron chi connectivity index (χ2n) is 6.07. The summed E-state index contributed by atoms with van der Waals surface area (Å²) in [6, 6.07) is 3.45. The number of halogens is 3. The summed E-state index contributed by atoms with van der Waals surface area (Å²) in [5, 5.41) is 2.69. The molecule has 7 nitrogen and oxygen atoms in total. The normalized spacial score (nSPS) is 28.0. The maximum absolute atomic E-state index is 12.6. The van der Waals surface area contributed by atoms with Crippen LogP contribution < -0.4 is 11.1 Å². The summed E-state index contributed by atoms with van der Waals surface area (Å²) in [5.74, 6) is -1.14. The summed E-state index contributed by atoms with van der Waals surface area (Å²) < 4.78 is 54.2. The molecular weight excluding hydrogens is 357 g/mol. The lowest BCUT2D eigenvalue weighted by Gasteiger charge is -2.18. The van der Waals surface area contributed by atoms with Crippen molar-refractivity contribution in [2.75, 3.05) is 19.8 Å². The van der Waals surface area contributed by atoms with Crippen LogP contribution in [0.3, 0.4) is 0 Å². The minimum absolute atomic E-state index is 0.0981. The summed E-state index contributed by atoms with van der Waals surface area (Å²) >= 11 is 0. The first-order chi connectivity index (χ1) is 12.3. The second kappa shape index (κ2) is 7.22. The quantitative estimate of drug-likeness (QED) is 0.781. The zero-order chi connectivity index (χ0) is 18.9. The molecular formula is C16H17F3N2O5. The van der Waals surface area contributed by atoms with E-state index in [0.29, 0.717) is 0 Å². The van der Waals surface area contributed by atoms with E-state index in [-0.39, 0.29) is 25.4 Å². The van der Waals surface area contributed by atoms with Crippen LogP contribution in [0.2, 0.25) is 0 Å². The average Bonchev–Trinajstić information content (AvgIpc) is 3.15. The number of nitrogens with two attached hydrogens (primary N) is 1. The Bertz CT molecular complexity index is 679. The van der Waals surface area contributed by atoms with Crippen molar-refractivity contribution < 1.29 is 37.0 Å². The molecule has 3 rings (SSSR count). The molecule has 0 saturated carbocycles. The standard InChI is InChI=1S/C16H17F3N2O5/c17-16(18,19)9-3-1-8(2-4-9)15(23)21-10-5-25-14-11(6-26-13(10)14)24-7-12(20)22/h1-4,10-11,13-14H,5-7H2,(H2,20,22)(H,21,23). The van der Waals surface area contributed by atoms with Crippen molar-refractivity contribution in [1.29, 1.82) is 0 Å². The number of carbonyl (C=O) groups is 2. The van der Waals surface area contributed by atoms with Gasteiger partial charge in [0.05, 0.1) is 24.8 Å². The molecule has 0 radical (unpaired) electrons. The summed E-state index contributed by atoms with van der Waals surface area (Å²) in [4.78, 5) is 23.0. The van der Waals surface area contributed by atoms with Crippen molar-refractivity contribution in [2.24, 2.45) is 5.73 Å². The Morgan fingerprint density at radius 1 is 1.15 bits per heavy atom. The van der Waals surface area contributed by atoms with Crippen LogP contribution in [0.15, 0.2) is 24.3 Å². The van der Waals surface area contributed by atoms with E-state index in [1.807, 2.05) is 0 Å². The van der Waals surface area contributed by atoms with E-state index in [0.717, 1.165) is 24.3 Å². The lowest BCUT2D eigenvalue weighted by molar-refractivity contribution is -0.137. The molecule has 3 N–H and O–H groups in total. The molecule has 2 amide bonds. The number of benzene rings is 1. The van der Waals surface area contributed by atoms with Crippen LogP contribution in [0.4, 0.5) is 13.2 Å². The smallest absolute Gasteiger partial charge is 0.370 e. The minimum atomic E-state index is -4.46. The van der Waals surface area contributed by atoms with Crippen LogP contribution in [0, 0.1) is 0 Å². The highest BCUT2D eigenvalue weighted by Gasteiger charge is 2.48. The van der Waals surface area contributed by atoms with Crippen LogP contribution in [-0.2, 0) is 25.2 Å². The fourth-order valence-electron chi connectivity index (χ4n) is 2.98. The van der Waals surface area contributed by atoms with Crippen molar-refractivity contribution >= 4 is 11.8 Å². The minimum Gasteiger partial charge on any atom is -0.370 e. The zero-order valence-corrected chi connectivity index (χ0v) is 13.5. The van der Waals surface area contributed by atoms with Gasteiger partial charge in [0.1, 0.15) is 24.9 Å². The number of ether oxygens (including phenoxy) is 3. The molecule has 1 aromatic rings. The Morgan fingerprint density at radius 3 is 2.42 bits per heavy atom. The molecule has 2 heterocycles. The van der Waals surface area contributed by atoms with Crippen molar-refractivity contribution in [3.05, 3.63) is 35.4 Å². The highest BCUT2D eigenvalue weighted by molar-refractivity contribution is 5.94. The fourth-order valence-corrected chi connectivity index (χ4v) is 2.98. The molecule has 2 fully saturated rings. The largest absolute Gasteiger partial charge is 0.416 e. The van der Waals surface area contributed by atoms with Crippen LogP contribution in [0.25, 0.3) is 0 Å². The molecule has 4 atom stereocenters. The van der Waals surface area contributed by atoms with Gasteiger partial charge in [-0.05, 0) is 24.3 Å². The number of primary amides is 1. The number of nitrogens with one attached hydrogen (secondary N) is 1. The molecule has 0 aliphatic carbocycles. The first-order valence-corrected chi connectivity index (χ1v) is 7.87. The van der Waals surface area contributed by atoms with Crippen molar-refractivity contribution in [2.45, 2.75) is 30.5 Å². The topological polar surface area (TPSA) is 99.9 Å². The SMILES string of the molecule is NC(=O)COC1COC2C(NC(=O)c3ccc(C(F)(F)F)cc3)COC12. The molecule has 4 unspecified atom stereocenters. The van der Waals surface area contributed by atoms with Crippen LogP contribution >= 0.6 is 0 Å². The van der Waals surface area contributed by atoms with E-state index in [1.165, 1.54) is 0 Å². The predicted octanol–water partition coefficient (Wildman–Crippen LogP) is 0.472. The number of hydrogen-bond donors (Lipinski definition) is 2. The number of rotatable bonds is 5. The fraction of sp³-hybridized carbons (Fsp3) is 0.500. The Labute approximate surface area is 146 Å². The van der Waals surface area contributed by atoms with Crippen molar-refractivity contribution in [1.82, 2.24) is 5.32 Å². The molecule has 2 aliphatic heterocycles. The summed E-state index contributed by atoms with van der Waals surface area (Å²) in [7, 11) is 0. The van der Waals surface area contributed by atoms with Crippen LogP contribution in [-0.4, -0.2) is 56.0 Å². The van der Waals surface area contributed by atoms with E-state index in [4.69, 9.17) is 19.9 Å². The number of fused-ring (bicyclic) bond motifs is 1. The van der Waals surface area contributed by atoms with Gasteiger partial charge in [-0.25, -0.2) is 0 Å². The highest BCUT2D eigenvalue weighted by atomic mass is 19.4. The Kier molecular flexibility index (Phi) is 5.17. The maximum Gasteiger partial charge on any atom is 0.416 e. The Morgan fingerprint density at radius 2 is 1.81 bits per heavy atom. The van der Waals surface area contributed by atoms with E-state index >= 15 is 0 Å². The van der Waals surface area contributed by atoms with Gasteiger partial charge in [0.15, 0.2) is 0 Å². The molecule has 0 spiro atoms.